The summed E-state index contributed by atoms with van der Waals surface area (Å²) in [7, 11) is 0. The van der Waals surface area contributed by atoms with Crippen LogP contribution in [0.5, 0.6) is 0 Å². The maximum absolute atomic E-state index is 13.4. The Kier molecular flexibility index (Phi) is 3.69. The molecule has 1 aromatic rings. The minimum Gasteiger partial charge on any atom is -0.478 e. The van der Waals surface area contributed by atoms with E-state index in [1.165, 1.54) is 19.1 Å². The largest absolute Gasteiger partial charge is 0.478 e. The molecule has 0 aliphatic carbocycles. The number of halogens is 1. The zero-order valence-corrected chi connectivity index (χ0v) is 10.6. The summed E-state index contributed by atoms with van der Waals surface area (Å²) in [5.74, 6) is -1.70. The Balaban J connectivity index is 2.15. The van der Waals surface area contributed by atoms with E-state index in [0.29, 0.717) is 31.9 Å². The lowest BCUT2D eigenvalue weighted by Crippen LogP contribution is -2.48. The summed E-state index contributed by atoms with van der Waals surface area (Å²) < 4.78 is 13.4. The van der Waals surface area contributed by atoms with Crippen molar-refractivity contribution in [2.45, 2.75) is 6.92 Å². The van der Waals surface area contributed by atoms with Gasteiger partial charge >= 0.3 is 5.97 Å². The number of piperazine rings is 1. The molecule has 0 radical (unpaired) electrons. The van der Waals surface area contributed by atoms with E-state index in [0.717, 1.165) is 6.07 Å². The molecule has 1 saturated heterocycles. The number of hydrogen-bond donors (Lipinski definition) is 1. The number of anilines is 1. The van der Waals surface area contributed by atoms with E-state index in [1.807, 2.05) is 4.90 Å². The second kappa shape index (κ2) is 5.26. The molecule has 1 amide bonds. The van der Waals surface area contributed by atoms with Gasteiger partial charge in [0.05, 0.1) is 5.56 Å². The van der Waals surface area contributed by atoms with Crippen LogP contribution >= 0.6 is 0 Å². The van der Waals surface area contributed by atoms with Crippen molar-refractivity contribution >= 4 is 17.6 Å². The number of aromatic carboxylic acids is 1. The summed E-state index contributed by atoms with van der Waals surface area (Å²) in [6.45, 7) is 3.78. The fourth-order valence-corrected chi connectivity index (χ4v) is 2.16. The smallest absolute Gasteiger partial charge is 0.335 e. The summed E-state index contributed by atoms with van der Waals surface area (Å²) in [6.07, 6.45) is 0. The molecule has 5 nitrogen and oxygen atoms in total. The van der Waals surface area contributed by atoms with E-state index in [9.17, 15) is 14.0 Å². The van der Waals surface area contributed by atoms with Crippen LogP contribution in [0.2, 0.25) is 0 Å². The lowest BCUT2D eigenvalue weighted by atomic mass is 10.1. The Morgan fingerprint density at radius 3 is 2.32 bits per heavy atom. The number of benzene rings is 1. The molecule has 6 heteroatoms. The summed E-state index contributed by atoms with van der Waals surface area (Å²) in [4.78, 5) is 25.7. The van der Waals surface area contributed by atoms with Crippen molar-refractivity contribution in [3.63, 3.8) is 0 Å². The van der Waals surface area contributed by atoms with Crippen molar-refractivity contribution in [1.82, 2.24) is 4.90 Å². The van der Waals surface area contributed by atoms with Gasteiger partial charge in [-0.05, 0) is 18.2 Å². The van der Waals surface area contributed by atoms with Crippen LogP contribution in [0.3, 0.4) is 0 Å². The molecule has 1 aliphatic heterocycles. The highest BCUT2D eigenvalue weighted by atomic mass is 19.1. The molecule has 1 heterocycles. The maximum Gasteiger partial charge on any atom is 0.335 e. The average Bonchev–Trinajstić information content (AvgIpc) is 2.38. The van der Waals surface area contributed by atoms with Gasteiger partial charge in [-0.3, -0.25) is 4.79 Å². The highest BCUT2D eigenvalue weighted by Crippen LogP contribution is 2.20. The molecule has 19 heavy (non-hydrogen) atoms. The van der Waals surface area contributed by atoms with E-state index in [1.54, 1.807) is 4.90 Å². The predicted octanol–water partition coefficient (Wildman–Crippen LogP) is 1.19. The molecule has 1 aromatic carbocycles. The molecule has 0 bridgehead atoms. The Labute approximate surface area is 110 Å². The third-order valence-electron chi connectivity index (χ3n) is 3.22. The summed E-state index contributed by atoms with van der Waals surface area (Å²) in [5, 5.41) is 8.91. The second-order valence-electron chi connectivity index (χ2n) is 4.50. The molecule has 1 aliphatic rings. The first-order chi connectivity index (χ1) is 8.97. The Morgan fingerprint density at radius 2 is 1.79 bits per heavy atom. The van der Waals surface area contributed by atoms with Crippen LogP contribution in [0.1, 0.15) is 17.3 Å². The Morgan fingerprint density at radius 1 is 1.16 bits per heavy atom. The number of carboxylic acids is 1. The molecule has 1 fully saturated rings. The maximum atomic E-state index is 13.4. The van der Waals surface area contributed by atoms with Crippen molar-refractivity contribution in [3.8, 4) is 0 Å². The van der Waals surface area contributed by atoms with E-state index >= 15 is 0 Å². The van der Waals surface area contributed by atoms with Crippen molar-refractivity contribution in [2.75, 3.05) is 31.1 Å². The molecule has 102 valence electrons. The minimum absolute atomic E-state index is 0.0186. The lowest BCUT2D eigenvalue weighted by molar-refractivity contribution is -0.129. The van der Waals surface area contributed by atoms with Gasteiger partial charge in [0.2, 0.25) is 5.91 Å². The number of amides is 1. The fraction of sp³-hybridized carbons (Fsp3) is 0.385. The fourth-order valence-electron chi connectivity index (χ4n) is 2.16. The molecule has 0 aromatic heterocycles. The normalized spacial score (nSPS) is 15.5. The topological polar surface area (TPSA) is 60.9 Å². The van der Waals surface area contributed by atoms with Gasteiger partial charge in [0.15, 0.2) is 0 Å². The highest BCUT2D eigenvalue weighted by Gasteiger charge is 2.20. The van der Waals surface area contributed by atoms with Crippen molar-refractivity contribution in [2.24, 2.45) is 0 Å². The van der Waals surface area contributed by atoms with Gasteiger partial charge < -0.3 is 14.9 Å². The summed E-state index contributed by atoms with van der Waals surface area (Å²) in [6, 6.07) is 3.77. The standard InChI is InChI=1S/C13H15FN2O3/c1-9(17)15-2-4-16(5-3-15)12-7-10(13(18)19)6-11(14)8-12/h6-8H,2-5H2,1H3,(H,18,19). The van der Waals surface area contributed by atoms with Crippen LogP contribution in [0.4, 0.5) is 10.1 Å². The number of hydrogen-bond acceptors (Lipinski definition) is 3. The Bertz CT molecular complexity index is 511. The number of carbonyl (C=O) groups is 2. The monoisotopic (exact) mass is 266 g/mol. The third kappa shape index (κ3) is 3.01. The molecule has 0 unspecified atom stereocenters. The minimum atomic E-state index is -1.15. The molecular formula is C13H15FN2O3. The average molecular weight is 266 g/mol. The van der Waals surface area contributed by atoms with E-state index in [-0.39, 0.29) is 11.5 Å². The molecular weight excluding hydrogens is 251 g/mol. The molecule has 0 spiro atoms. The SMILES string of the molecule is CC(=O)N1CCN(c2cc(F)cc(C(=O)O)c2)CC1. The highest BCUT2D eigenvalue weighted by molar-refractivity contribution is 5.89. The van der Waals surface area contributed by atoms with E-state index in [4.69, 9.17) is 5.11 Å². The first-order valence-electron chi connectivity index (χ1n) is 6.02. The van der Waals surface area contributed by atoms with Gasteiger partial charge in [-0.25, -0.2) is 9.18 Å². The van der Waals surface area contributed by atoms with Gasteiger partial charge in [0.1, 0.15) is 5.82 Å². The third-order valence-corrected chi connectivity index (χ3v) is 3.22. The molecule has 0 saturated carbocycles. The summed E-state index contributed by atoms with van der Waals surface area (Å²) in [5.41, 5.74) is 0.476. The van der Waals surface area contributed by atoms with Crippen molar-refractivity contribution in [3.05, 3.63) is 29.6 Å². The van der Waals surface area contributed by atoms with Crippen LogP contribution < -0.4 is 4.90 Å². The lowest BCUT2D eigenvalue weighted by Gasteiger charge is -2.35. The molecule has 1 N–H and O–H groups in total. The van der Waals surface area contributed by atoms with Gasteiger partial charge in [-0.2, -0.15) is 0 Å². The van der Waals surface area contributed by atoms with Gasteiger partial charge in [-0.15, -0.1) is 0 Å². The van der Waals surface area contributed by atoms with Gasteiger partial charge in [0, 0.05) is 38.8 Å². The zero-order chi connectivity index (χ0) is 14.0. The van der Waals surface area contributed by atoms with Crippen molar-refractivity contribution < 1.29 is 19.1 Å². The van der Waals surface area contributed by atoms with E-state index < -0.39 is 11.8 Å². The Hall–Kier alpha value is -2.11. The number of nitrogens with zero attached hydrogens (tertiary/aromatic N) is 2. The summed E-state index contributed by atoms with van der Waals surface area (Å²) >= 11 is 0. The molecule has 2 rings (SSSR count). The quantitative estimate of drug-likeness (QED) is 0.873. The predicted molar refractivity (Wildman–Crippen MR) is 67.8 cm³/mol. The number of carbonyl (C=O) groups excluding carboxylic acids is 1. The number of rotatable bonds is 2. The first kappa shape index (κ1) is 13.3. The van der Waals surface area contributed by atoms with Crippen LogP contribution in [-0.4, -0.2) is 48.1 Å². The van der Waals surface area contributed by atoms with Crippen LogP contribution in [0.15, 0.2) is 18.2 Å². The number of carboxylic acid groups (broad SMARTS) is 1. The van der Waals surface area contributed by atoms with E-state index in [2.05, 4.69) is 0 Å². The van der Waals surface area contributed by atoms with Gasteiger partial charge in [0.25, 0.3) is 0 Å². The zero-order valence-electron chi connectivity index (χ0n) is 10.6. The van der Waals surface area contributed by atoms with Crippen LogP contribution in [0.25, 0.3) is 0 Å². The molecule has 0 atom stereocenters. The van der Waals surface area contributed by atoms with Gasteiger partial charge in [-0.1, -0.05) is 0 Å². The van der Waals surface area contributed by atoms with Crippen LogP contribution in [0, 0.1) is 5.82 Å². The second-order valence-corrected chi connectivity index (χ2v) is 4.50. The van der Waals surface area contributed by atoms with Crippen molar-refractivity contribution in [1.29, 1.82) is 0 Å². The van der Waals surface area contributed by atoms with Crippen LogP contribution in [-0.2, 0) is 4.79 Å². The first-order valence-corrected chi connectivity index (χ1v) is 6.02.